The molecule has 1 saturated carbocycles. The third-order valence-electron chi connectivity index (χ3n) is 3.02. The number of hydrogen-bond donors (Lipinski definition) is 2. The molecule has 0 aromatic heterocycles. The summed E-state index contributed by atoms with van der Waals surface area (Å²) in [6, 6.07) is 0.454. The van der Waals surface area contributed by atoms with E-state index in [-0.39, 0.29) is 0 Å². The number of hydrogen-bond acceptors (Lipinski definition) is 3. The molecule has 1 fully saturated rings. The summed E-state index contributed by atoms with van der Waals surface area (Å²) in [5.41, 5.74) is -0.670. The third kappa shape index (κ3) is 3.68. The van der Waals surface area contributed by atoms with Gasteiger partial charge in [-0.05, 0) is 44.1 Å². The molecule has 0 aliphatic heterocycles. The molecule has 0 amide bonds. The van der Waals surface area contributed by atoms with Gasteiger partial charge in [0.1, 0.15) is 5.54 Å². The Morgan fingerprint density at radius 3 is 2.67 bits per heavy atom. The Morgan fingerprint density at radius 2 is 2.27 bits per heavy atom. The molecule has 1 rings (SSSR count). The quantitative estimate of drug-likeness (QED) is 0.628. The summed E-state index contributed by atoms with van der Waals surface area (Å²) in [4.78, 5) is 11.3. The first-order chi connectivity index (χ1) is 7.14. The molecule has 3 nitrogen and oxygen atoms in total. The van der Waals surface area contributed by atoms with E-state index in [9.17, 15) is 9.90 Å². The summed E-state index contributed by atoms with van der Waals surface area (Å²) >= 11 is 1.78. The second-order valence-electron chi connectivity index (χ2n) is 4.26. The normalized spacial score (nSPS) is 19.9. The Bertz CT molecular complexity index is 219. The number of rotatable bonds is 8. The first-order valence-corrected chi connectivity index (χ1v) is 7.04. The molecule has 4 heteroatoms. The van der Waals surface area contributed by atoms with Gasteiger partial charge in [-0.25, -0.2) is 0 Å². The highest BCUT2D eigenvalue weighted by Gasteiger charge is 2.40. The highest BCUT2D eigenvalue weighted by Crippen LogP contribution is 2.27. The van der Waals surface area contributed by atoms with Gasteiger partial charge in [-0.2, -0.15) is 11.8 Å². The van der Waals surface area contributed by atoms with E-state index in [1.54, 1.807) is 11.8 Å². The maximum atomic E-state index is 11.3. The van der Waals surface area contributed by atoms with Gasteiger partial charge in [0.2, 0.25) is 0 Å². The van der Waals surface area contributed by atoms with Crippen molar-refractivity contribution < 1.29 is 9.90 Å². The van der Waals surface area contributed by atoms with Crippen molar-refractivity contribution >= 4 is 17.7 Å². The maximum Gasteiger partial charge on any atom is 0.323 e. The highest BCUT2D eigenvalue weighted by atomic mass is 32.2. The van der Waals surface area contributed by atoms with E-state index in [1.807, 2.05) is 6.92 Å². The molecule has 1 atom stereocenters. The van der Waals surface area contributed by atoms with E-state index in [0.29, 0.717) is 12.5 Å². The molecular formula is C11H21NO2S. The van der Waals surface area contributed by atoms with Crippen LogP contribution in [0, 0.1) is 0 Å². The predicted molar refractivity (Wildman–Crippen MR) is 64.4 cm³/mol. The molecule has 1 aliphatic rings. The van der Waals surface area contributed by atoms with Crippen molar-refractivity contribution in [2.24, 2.45) is 0 Å². The minimum atomic E-state index is -0.682. The largest absolute Gasteiger partial charge is 0.480 e. The summed E-state index contributed by atoms with van der Waals surface area (Å²) in [5, 5.41) is 12.6. The summed E-state index contributed by atoms with van der Waals surface area (Å²) in [6.45, 7) is 1.96. The smallest absolute Gasteiger partial charge is 0.323 e. The molecule has 88 valence electrons. The van der Waals surface area contributed by atoms with Gasteiger partial charge >= 0.3 is 5.97 Å². The summed E-state index contributed by atoms with van der Waals surface area (Å²) in [6.07, 6.45) is 6.72. The van der Waals surface area contributed by atoms with E-state index >= 15 is 0 Å². The Labute approximate surface area is 96.0 Å². The zero-order chi connectivity index (χ0) is 11.3. The van der Waals surface area contributed by atoms with Gasteiger partial charge in [0.15, 0.2) is 0 Å². The van der Waals surface area contributed by atoms with Gasteiger partial charge < -0.3 is 5.11 Å². The lowest BCUT2D eigenvalue weighted by molar-refractivity contribution is -0.145. The summed E-state index contributed by atoms with van der Waals surface area (Å²) < 4.78 is 0. The molecule has 1 aliphatic carbocycles. The lowest BCUT2D eigenvalue weighted by Crippen LogP contribution is -2.52. The fraction of sp³-hybridized carbons (Fsp3) is 0.909. The average molecular weight is 231 g/mol. The van der Waals surface area contributed by atoms with Gasteiger partial charge in [-0.1, -0.05) is 6.92 Å². The fourth-order valence-corrected chi connectivity index (χ4v) is 2.24. The van der Waals surface area contributed by atoms with Crippen LogP contribution in [-0.4, -0.2) is 34.7 Å². The van der Waals surface area contributed by atoms with Crippen molar-refractivity contribution in [1.82, 2.24) is 5.32 Å². The first kappa shape index (κ1) is 12.8. The third-order valence-corrected chi connectivity index (χ3v) is 3.72. The molecule has 0 aromatic rings. The molecule has 0 heterocycles. The van der Waals surface area contributed by atoms with Crippen molar-refractivity contribution in [1.29, 1.82) is 0 Å². The second kappa shape index (κ2) is 5.75. The molecule has 2 N–H and O–H groups in total. The monoisotopic (exact) mass is 231 g/mol. The van der Waals surface area contributed by atoms with Crippen LogP contribution in [0.15, 0.2) is 0 Å². The number of nitrogens with one attached hydrogen (secondary N) is 1. The van der Waals surface area contributed by atoms with Crippen molar-refractivity contribution in [3.05, 3.63) is 0 Å². The van der Waals surface area contributed by atoms with Crippen LogP contribution in [0.25, 0.3) is 0 Å². The number of carboxylic acid groups (broad SMARTS) is 1. The first-order valence-electron chi connectivity index (χ1n) is 5.64. The van der Waals surface area contributed by atoms with Gasteiger partial charge in [-0.3, -0.25) is 10.1 Å². The van der Waals surface area contributed by atoms with Crippen LogP contribution >= 0.6 is 11.8 Å². The maximum absolute atomic E-state index is 11.3. The zero-order valence-corrected chi connectivity index (χ0v) is 10.4. The molecule has 0 bridgehead atoms. The Morgan fingerprint density at radius 1 is 1.60 bits per heavy atom. The van der Waals surface area contributed by atoms with Crippen LogP contribution in [0.3, 0.4) is 0 Å². The van der Waals surface area contributed by atoms with Crippen molar-refractivity contribution in [3.8, 4) is 0 Å². The predicted octanol–water partition coefficient (Wildman–Crippen LogP) is 2.11. The topological polar surface area (TPSA) is 49.3 Å². The number of carbonyl (C=O) groups is 1. The second-order valence-corrected chi connectivity index (χ2v) is 5.24. The minimum Gasteiger partial charge on any atom is -0.480 e. The Hall–Kier alpha value is -0.220. The van der Waals surface area contributed by atoms with Crippen molar-refractivity contribution in [2.75, 3.05) is 12.0 Å². The van der Waals surface area contributed by atoms with Crippen molar-refractivity contribution in [3.63, 3.8) is 0 Å². The van der Waals surface area contributed by atoms with Crippen LogP contribution in [0.1, 0.15) is 39.0 Å². The van der Waals surface area contributed by atoms with E-state index in [2.05, 4.69) is 11.6 Å². The molecule has 0 aromatic carbocycles. The number of carboxylic acids is 1. The van der Waals surface area contributed by atoms with Crippen LogP contribution in [0.5, 0.6) is 0 Å². The molecule has 0 radical (unpaired) electrons. The molecule has 15 heavy (non-hydrogen) atoms. The van der Waals surface area contributed by atoms with E-state index < -0.39 is 11.5 Å². The lowest BCUT2D eigenvalue weighted by atomic mass is 9.90. The SMILES string of the molecule is CCC(CCCSC)(NC1CC1)C(=O)O. The number of thioether (sulfide) groups is 1. The molecule has 1 unspecified atom stereocenters. The molecule has 0 saturated heterocycles. The van der Waals surface area contributed by atoms with Gasteiger partial charge in [0, 0.05) is 6.04 Å². The standard InChI is InChI=1S/C11H21NO2S/c1-3-11(10(13)14,7-4-8-15-2)12-9-5-6-9/h9,12H,3-8H2,1-2H3,(H,13,14). The van der Waals surface area contributed by atoms with Gasteiger partial charge in [-0.15, -0.1) is 0 Å². The Kier molecular flexibility index (Phi) is 4.93. The van der Waals surface area contributed by atoms with Crippen LogP contribution in [0.4, 0.5) is 0 Å². The van der Waals surface area contributed by atoms with Crippen molar-refractivity contribution in [2.45, 2.75) is 50.6 Å². The van der Waals surface area contributed by atoms with E-state index in [1.165, 1.54) is 0 Å². The van der Waals surface area contributed by atoms with Crippen LogP contribution in [0.2, 0.25) is 0 Å². The van der Waals surface area contributed by atoms with E-state index in [0.717, 1.165) is 31.4 Å². The molecule has 0 spiro atoms. The van der Waals surface area contributed by atoms with Crippen LogP contribution in [-0.2, 0) is 4.79 Å². The summed E-state index contributed by atoms with van der Waals surface area (Å²) in [7, 11) is 0. The lowest BCUT2D eigenvalue weighted by Gasteiger charge is -2.29. The number of aliphatic carboxylic acids is 1. The zero-order valence-electron chi connectivity index (χ0n) is 9.58. The van der Waals surface area contributed by atoms with Gasteiger partial charge in [0.05, 0.1) is 0 Å². The van der Waals surface area contributed by atoms with E-state index in [4.69, 9.17) is 0 Å². The Balaban J connectivity index is 2.51. The van der Waals surface area contributed by atoms with Crippen LogP contribution < -0.4 is 5.32 Å². The minimum absolute atomic E-state index is 0.454. The summed E-state index contributed by atoms with van der Waals surface area (Å²) in [5.74, 6) is 0.361. The average Bonchev–Trinajstić information content (AvgIpc) is 3.00. The molecular weight excluding hydrogens is 210 g/mol. The fourth-order valence-electron chi connectivity index (χ4n) is 1.81. The van der Waals surface area contributed by atoms with Gasteiger partial charge in [0.25, 0.3) is 0 Å². The highest BCUT2D eigenvalue weighted by molar-refractivity contribution is 7.98.